The van der Waals surface area contributed by atoms with Crippen molar-refractivity contribution in [3.8, 4) is 0 Å². The van der Waals surface area contributed by atoms with E-state index in [9.17, 15) is 0 Å². The molecular weight excluding hydrogens is 152 g/mol. The zero-order valence-electron chi connectivity index (χ0n) is 8.18. The van der Waals surface area contributed by atoms with Gasteiger partial charge in [0.15, 0.2) is 0 Å². The average Bonchev–Trinajstić information content (AvgIpc) is 1.97. The maximum absolute atomic E-state index is 5.71. The SMILES string of the molecule is CCCN(C)CC1(CN)COC1. The summed E-state index contributed by atoms with van der Waals surface area (Å²) in [6.07, 6.45) is 1.21. The van der Waals surface area contributed by atoms with Crippen molar-refractivity contribution in [1.29, 1.82) is 0 Å². The van der Waals surface area contributed by atoms with Crippen LogP contribution in [0, 0.1) is 5.41 Å². The highest BCUT2D eigenvalue weighted by Gasteiger charge is 2.37. The Labute approximate surface area is 74.9 Å². The maximum Gasteiger partial charge on any atom is 0.0569 e. The second-order valence-electron chi connectivity index (χ2n) is 3.93. The van der Waals surface area contributed by atoms with Gasteiger partial charge in [-0.1, -0.05) is 6.92 Å². The molecule has 3 nitrogen and oxygen atoms in total. The maximum atomic E-state index is 5.71. The number of rotatable bonds is 5. The number of nitrogens with two attached hydrogens (primary N) is 1. The van der Waals surface area contributed by atoms with Gasteiger partial charge in [-0.3, -0.25) is 0 Å². The van der Waals surface area contributed by atoms with Crippen LogP contribution in [0.2, 0.25) is 0 Å². The third kappa shape index (κ3) is 2.19. The first-order chi connectivity index (χ1) is 5.72. The lowest BCUT2D eigenvalue weighted by atomic mass is 9.85. The molecule has 2 N–H and O–H groups in total. The predicted octanol–water partition coefficient (Wildman–Crippen LogP) is 0.304. The third-order valence-corrected chi connectivity index (χ3v) is 2.46. The summed E-state index contributed by atoms with van der Waals surface area (Å²) in [4.78, 5) is 2.34. The predicted molar refractivity (Wildman–Crippen MR) is 50.1 cm³/mol. The molecular formula is C9H20N2O. The minimum Gasteiger partial charge on any atom is -0.380 e. The van der Waals surface area contributed by atoms with Gasteiger partial charge in [0.1, 0.15) is 0 Å². The molecule has 0 aromatic rings. The highest BCUT2D eigenvalue weighted by Crippen LogP contribution is 2.26. The number of nitrogens with zero attached hydrogens (tertiary/aromatic N) is 1. The molecule has 0 aliphatic carbocycles. The molecule has 1 saturated heterocycles. The van der Waals surface area contributed by atoms with Crippen molar-refractivity contribution in [2.24, 2.45) is 11.1 Å². The third-order valence-electron chi connectivity index (χ3n) is 2.46. The van der Waals surface area contributed by atoms with Crippen LogP contribution in [0.5, 0.6) is 0 Å². The van der Waals surface area contributed by atoms with Gasteiger partial charge in [-0.2, -0.15) is 0 Å². The summed E-state index contributed by atoms with van der Waals surface area (Å²) < 4.78 is 5.20. The van der Waals surface area contributed by atoms with Crippen LogP contribution in [0.4, 0.5) is 0 Å². The van der Waals surface area contributed by atoms with Crippen molar-refractivity contribution >= 4 is 0 Å². The molecule has 0 aromatic heterocycles. The van der Waals surface area contributed by atoms with Crippen LogP contribution in [-0.4, -0.2) is 44.8 Å². The summed E-state index contributed by atoms with van der Waals surface area (Å²) in [7, 11) is 2.15. The largest absolute Gasteiger partial charge is 0.380 e. The van der Waals surface area contributed by atoms with E-state index in [1.807, 2.05) is 0 Å². The van der Waals surface area contributed by atoms with Crippen molar-refractivity contribution in [2.45, 2.75) is 13.3 Å². The van der Waals surface area contributed by atoms with E-state index in [0.29, 0.717) is 0 Å². The van der Waals surface area contributed by atoms with Gasteiger partial charge in [0.05, 0.1) is 13.2 Å². The molecule has 3 heteroatoms. The molecule has 12 heavy (non-hydrogen) atoms. The van der Waals surface area contributed by atoms with Crippen molar-refractivity contribution in [2.75, 3.05) is 39.9 Å². The van der Waals surface area contributed by atoms with Crippen LogP contribution in [0.15, 0.2) is 0 Å². The molecule has 1 aliphatic heterocycles. The Balaban J connectivity index is 2.27. The lowest BCUT2D eigenvalue weighted by molar-refractivity contribution is -0.118. The number of hydrogen-bond donors (Lipinski definition) is 1. The fourth-order valence-electron chi connectivity index (χ4n) is 1.70. The van der Waals surface area contributed by atoms with E-state index in [1.54, 1.807) is 0 Å². The molecule has 0 spiro atoms. The van der Waals surface area contributed by atoms with Gasteiger partial charge in [0, 0.05) is 18.5 Å². The Morgan fingerprint density at radius 3 is 2.50 bits per heavy atom. The minimum atomic E-state index is 0.268. The summed E-state index contributed by atoms with van der Waals surface area (Å²) in [6.45, 7) is 6.87. The Bertz CT molecular complexity index is 129. The molecule has 1 fully saturated rings. The molecule has 0 saturated carbocycles. The summed E-state index contributed by atoms with van der Waals surface area (Å²) in [5.74, 6) is 0. The van der Waals surface area contributed by atoms with Crippen molar-refractivity contribution < 1.29 is 4.74 Å². The van der Waals surface area contributed by atoms with Crippen LogP contribution in [0.1, 0.15) is 13.3 Å². The van der Waals surface area contributed by atoms with Crippen LogP contribution in [0.3, 0.4) is 0 Å². The zero-order chi connectivity index (χ0) is 9.03. The van der Waals surface area contributed by atoms with Gasteiger partial charge in [-0.25, -0.2) is 0 Å². The van der Waals surface area contributed by atoms with E-state index in [-0.39, 0.29) is 5.41 Å². The van der Waals surface area contributed by atoms with Gasteiger partial charge in [0.2, 0.25) is 0 Å². The second-order valence-corrected chi connectivity index (χ2v) is 3.93. The van der Waals surface area contributed by atoms with E-state index in [0.717, 1.165) is 32.8 Å². The van der Waals surface area contributed by atoms with E-state index in [4.69, 9.17) is 10.5 Å². The molecule has 0 atom stereocenters. The van der Waals surface area contributed by atoms with Gasteiger partial charge in [-0.05, 0) is 20.0 Å². The number of ether oxygens (including phenoxy) is 1. The molecule has 72 valence electrons. The highest BCUT2D eigenvalue weighted by atomic mass is 16.5. The molecule has 0 aromatic carbocycles. The van der Waals surface area contributed by atoms with Crippen LogP contribution < -0.4 is 5.73 Å². The minimum absolute atomic E-state index is 0.268. The normalized spacial score (nSPS) is 21.0. The summed E-state index contributed by atoms with van der Waals surface area (Å²) in [5.41, 5.74) is 5.97. The summed E-state index contributed by atoms with van der Waals surface area (Å²) in [6, 6.07) is 0. The van der Waals surface area contributed by atoms with E-state index < -0.39 is 0 Å². The average molecular weight is 172 g/mol. The lowest BCUT2D eigenvalue weighted by Crippen LogP contribution is -2.54. The Hall–Kier alpha value is -0.120. The number of hydrogen-bond acceptors (Lipinski definition) is 3. The van der Waals surface area contributed by atoms with Crippen LogP contribution >= 0.6 is 0 Å². The topological polar surface area (TPSA) is 38.5 Å². The van der Waals surface area contributed by atoms with E-state index in [2.05, 4.69) is 18.9 Å². The van der Waals surface area contributed by atoms with Crippen LogP contribution in [0.25, 0.3) is 0 Å². The van der Waals surface area contributed by atoms with Crippen LogP contribution in [-0.2, 0) is 4.74 Å². The smallest absolute Gasteiger partial charge is 0.0569 e. The molecule has 0 bridgehead atoms. The fourth-order valence-corrected chi connectivity index (χ4v) is 1.70. The van der Waals surface area contributed by atoms with Gasteiger partial charge >= 0.3 is 0 Å². The van der Waals surface area contributed by atoms with E-state index >= 15 is 0 Å². The fraction of sp³-hybridized carbons (Fsp3) is 1.00. The van der Waals surface area contributed by atoms with Gasteiger partial charge in [-0.15, -0.1) is 0 Å². The standard InChI is InChI=1S/C9H20N2O/c1-3-4-11(2)6-9(5-10)7-12-8-9/h3-8,10H2,1-2H3. The highest BCUT2D eigenvalue weighted by molar-refractivity contribution is 4.88. The Morgan fingerprint density at radius 1 is 1.50 bits per heavy atom. The monoisotopic (exact) mass is 172 g/mol. The molecule has 1 rings (SSSR count). The van der Waals surface area contributed by atoms with Gasteiger partial charge in [0.25, 0.3) is 0 Å². The molecule has 0 amide bonds. The summed E-state index contributed by atoms with van der Waals surface area (Å²) >= 11 is 0. The van der Waals surface area contributed by atoms with Crippen molar-refractivity contribution in [3.05, 3.63) is 0 Å². The quantitative estimate of drug-likeness (QED) is 0.648. The van der Waals surface area contributed by atoms with Crippen molar-refractivity contribution in [3.63, 3.8) is 0 Å². The Kier molecular flexibility index (Phi) is 3.50. The van der Waals surface area contributed by atoms with Crippen molar-refractivity contribution in [1.82, 2.24) is 4.90 Å². The molecule has 1 heterocycles. The van der Waals surface area contributed by atoms with E-state index in [1.165, 1.54) is 6.42 Å². The Morgan fingerprint density at radius 2 is 2.17 bits per heavy atom. The van der Waals surface area contributed by atoms with Gasteiger partial charge < -0.3 is 15.4 Å². The molecule has 0 radical (unpaired) electrons. The second kappa shape index (κ2) is 4.21. The zero-order valence-corrected chi connectivity index (χ0v) is 8.18. The lowest BCUT2D eigenvalue weighted by Gasteiger charge is -2.43. The summed E-state index contributed by atoms with van der Waals surface area (Å²) in [5, 5.41) is 0. The first-order valence-corrected chi connectivity index (χ1v) is 4.69. The molecule has 1 aliphatic rings. The first kappa shape index (κ1) is 9.96. The molecule has 0 unspecified atom stereocenters. The first-order valence-electron chi connectivity index (χ1n) is 4.69.